The third kappa shape index (κ3) is 5.28. The van der Waals surface area contributed by atoms with Crippen LogP contribution in [-0.4, -0.2) is 54.1 Å². The molecule has 124 valence electrons. The van der Waals surface area contributed by atoms with Crippen molar-refractivity contribution in [3.8, 4) is 5.75 Å². The number of ether oxygens (including phenoxy) is 1. The predicted molar refractivity (Wildman–Crippen MR) is 98.2 cm³/mol. The quantitative estimate of drug-likeness (QED) is 0.748. The summed E-state index contributed by atoms with van der Waals surface area (Å²) in [5.74, 6) is 0.928. The molecule has 0 spiro atoms. The van der Waals surface area contributed by atoms with Crippen LogP contribution in [0.2, 0.25) is 0 Å². The molecule has 1 saturated heterocycles. The van der Waals surface area contributed by atoms with Crippen molar-refractivity contribution < 1.29 is 4.74 Å². The van der Waals surface area contributed by atoms with Crippen molar-refractivity contribution in [1.29, 1.82) is 0 Å². The number of nitrogens with zero attached hydrogens (tertiary/aromatic N) is 3. The van der Waals surface area contributed by atoms with Crippen molar-refractivity contribution >= 4 is 27.3 Å². The highest BCUT2D eigenvalue weighted by Crippen LogP contribution is 2.17. The predicted octanol–water partition coefficient (Wildman–Crippen LogP) is 3.41. The number of thiazole rings is 1. The van der Waals surface area contributed by atoms with Gasteiger partial charge < -0.3 is 4.74 Å². The lowest BCUT2D eigenvalue weighted by atomic mass is 10.3. The summed E-state index contributed by atoms with van der Waals surface area (Å²) in [7, 11) is 0. The number of benzene rings is 1. The molecule has 0 unspecified atom stereocenters. The molecular formula is C17H22BrN3OS. The number of aryl methyl sites for hydroxylation is 1. The molecule has 1 aromatic carbocycles. The Labute approximate surface area is 150 Å². The Morgan fingerprint density at radius 2 is 2.00 bits per heavy atom. The average Bonchev–Trinajstić information content (AvgIpc) is 2.94. The maximum absolute atomic E-state index is 5.82. The van der Waals surface area contributed by atoms with Gasteiger partial charge in [0, 0.05) is 49.1 Å². The van der Waals surface area contributed by atoms with E-state index in [0.29, 0.717) is 0 Å². The second kappa shape index (κ2) is 8.24. The van der Waals surface area contributed by atoms with E-state index in [4.69, 9.17) is 4.74 Å². The zero-order chi connectivity index (χ0) is 16.1. The first-order valence-electron chi connectivity index (χ1n) is 7.93. The van der Waals surface area contributed by atoms with E-state index in [0.717, 1.165) is 61.1 Å². The lowest BCUT2D eigenvalue weighted by Crippen LogP contribution is -2.47. The van der Waals surface area contributed by atoms with Gasteiger partial charge in [-0.05, 0) is 25.1 Å². The fourth-order valence-electron chi connectivity index (χ4n) is 2.73. The van der Waals surface area contributed by atoms with Crippen LogP contribution in [0, 0.1) is 6.92 Å². The highest BCUT2D eigenvalue weighted by Gasteiger charge is 2.17. The topological polar surface area (TPSA) is 28.6 Å². The Morgan fingerprint density at radius 1 is 1.22 bits per heavy atom. The first-order valence-corrected chi connectivity index (χ1v) is 9.60. The van der Waals surface area contributed by atoms with E-state index in [1.54, 1.807) is 11.3 Å². The molecule has 1 aromatic heterocycles. The summed E-state index contributed by atoms with van der Waals surface area (Å²) in [6, 6.07) is 8.01. The second-order valence-corrected chi connectivity index (χ2v) is 7.76. The Kier molecular flexibility index (Phi) is 6.05. The molecule has 0 N–H and O–H groups in total. The van der Waals surface area contributed by atoms with Gasteiger partial charge in [0.1, 0.15) is 12.4 Å². The molecule has 1 aliphatic heterocycles. The molecule has 6 heteroatoms. The summed E-state index contributed by atoms with van der Waals surface area (Å²) in [5.41, 5.74) is 1.21. The van der Waals surface area contributed by atoms with Gasteiger partial charge in [-0.3, -0.25) is 9.80 Å². The number of rotatable bonds is 6. The average molecular weight is 396 g/mol. The van der Waals surface area contributed by atoms with Crippen LogP contribution < -0.4 is 4.74 Å². The van der Waals surface area contributed by atoms with Crippen LogP contribution in [0.25, 0.3) is 0 Å². The van der Waals surface area contributed by atoms with E-state index in [2.05, 4.69) is 43.0 Å². The van der Waals surface area contributed by atoms with Crippen molar-refractivity contribution in [2.75, 3.05) is 39.3 Å². The Bertz CT molecular complexity index is 626. The lowest BCUT2D eigenvalue weighted by molar-refractivity contribution is 0.112. The van der Waals surface area contributed by atoms with Crippen molar-refractivity contribution in [3.63, 3.8) is 0 Å². The smallest absolute Gasteiger partial charge is 0.120 e. The molecule has 0 bridgehead atoms. The van der Waals surface area contributed by atoms with Gasteiger partial charge in [0.05, 0.1) is 10.7 Å². The van der Waals surface area contributed by atoms with Gasteiger partial charge in [-0.2, -0.15) is 0 Å². The van der Waals surface area contributed by atoms with Crippen LogP contribution in [-0.2, 0) is 6.54 Å². The summed E-state index contributed by atoms with van der Waals surface area (Å²) < 4.78 is 6.88. The van der Waals surface area contributed by atoms with Crippen LogP contribution in [0.3, 0.4) is 0 Å². The van der Waals surface area contributed by atoms with E-state index >= 15 is 0 Å². The zero-order valence-corrected chi connectivity index (χ0v) is 15.8. The SMILES string of the molecule is Cc1nc(CN2CCN(CCOc3cccc(Br)c3)CC2)cs1. The molecule has 2 heterocycles. The zero-order valence-electron chi connectivity index (χ0n) is 13.4. The highest BCUT2D eigenvalue weighted by molar-refractivity contribution is 9.10. The van der Waals surface area contributed by atoms with E-state index in [1.807, 2.05) is 24.3 Å². The van der Waals surface area contributed by atoms with Crippen molar-refractivity contribution in [2.24, 2.45) is 0 Å². The maximum Gasteiger partial charge on any atom is 0.120 e. The third-order valence-corrected chi connectivity index (χ3v) is 5.30. The van der Waals surface area contributed by atoms with Gasteiger partial charge in [0.2, 0.25) is 0 Å². The fraction of sp³-hybridized carbons (Fsp3) is 0.471. The van der Waals surface area contributed by atoms with Crippen LogP contribution in [0.1, 0.15) is 10.7 Å². The summed E-state index contributed by atoms with van der Waals surface area (Å²) >= 11 is 5.20. The van der Waals surface area contributed by atoms with Crippen LogP contribution in [0.4, 0.5) is 0 Å². The van der Waals surface area contributed by atoms with Gasteiger partial charge in [0.25, 0.3) is 0 Å². The molecule has 0 saturated carbocycles. The first kappa shape index (κ1) is 16.9. The number of piperazine rings is 1. The van der Waals surface area contributed by atoms with Gasteiger partial charge >= 0.3 is 0 Å². The summed E-state index contributed by atoms with van der Waals surface area (Å²) in [6.07, 6.45) is 0. The fourth-order valence-corrected chi connectivity index (χ4v) is 3.71. The van der Waals surface area contributed by atoms with Gasteiger partial charge in [0.15, 0.2) is 0 Å². The van der Waals surface area contributed by atoms with Crippen LogP contribution >= 0.6 is 27.3 Å². The Balaban J connectivity index is 1.36. The minimum Gasteiger partial charge on any atom is -0.492 e. The Hall–Kier alpha value is -0.950. The number of aromatic nitrogens is 1. The maximum atomic E-state index is 5.82. The number of hydrogen-bond acceptors (Lipinski definition) is 5. The largest absolute Gasteiger partial charge is 0.492 e. The molecule has 1 aliphatic rings. The Morgan fingerprint density at radius 3 is 2.70 bits per heavy atom. The molecule has 0 radical (unpaired) electrons. The van der Waals surface area contributed by atoms with Crippen molar-refractivity contribution in [3.05, 3.63) is 44.8 Å². The molecule has 1 fully saturated rings. The highest BCUT2D eigenvalue weighted by atomic mass is 79.9. The molecule has 4 nitrogen and oxygen atoms in total. The normalized spacial score (nSPS) is 16.6. The van der Waals surface area contributed by atoms with E-state index in [9.17, 15) is 0 Å². The number of halogens is 1. The molecule has 0 atom stereocenters. The molecule has 3 rings (SSSR count). The molecule has 2 aromatic rings. The second-order valence-electron chi connectivity index (χ2n) is 5.78. The first-order chi connectivity index (χ1) is 11.2. The van der Waals surface area contributed by atoms with Gasteiger partial charge in [-0.15, -0.1) is 11.3 Å². The van der Waals surface area contributed by atoms with Crippen LogP contribution in [0.15, 0.2) is 34.1 Å². The van der Waals surface area contributed by atoms with Crippen molar-refractivity contribution in [2.45, 2.75) is 13.5 Å². The van der Waals surface area contributed by atoms with Gasteiger partial charge in [-0.25, -0.2) is 4.98 Å². The number of hydrogen-bond donors (Lipinski definition) is 0. The minimum atomic E-state index is 0.738. The minimum absolute atomic E-state index is 0.738. The summed E-state index contributed by atoms with van der Waals surface area (Å²) in [4.78, 5) is 9.51. The van der Waals surface area contributed by atoms with E-state index in [-0.39, 0.29) is 0 Å². The lowest BCUT2D eigenvalue weighted by Gasteiger charge is -2.34. The molecule has 23 heavy (non-hydrogen) atoms. The molecular weight excluding hydrogens is 374 g/mol. The standard InChI is InChI=1S/C17H22BrN3OS/c1-14-19-16(13-23-14)12-21-7-5-20(6-8-21)9-10-22-17-4-2-3-15(18)11-17/h2-4,11,13H,5-10,12H2,1H3. The third-order valence-electron chi connectivity index (χ3n) is 3.99. The van der Waals surface area contributed by atoms with Crippen molar-refractivity contribution in [1.82, 2.24) is 14.8 Å². The van der Waals surface area contributed by atoms with Crippen LogP contribution in [0.5, 0.6) is 5.75 Å². The molecule has 0 aliphatic carbocycles. The molecule has 0 amide bonds. The summed E-state index contributed by atoms with van der Waals surface area (Å²) in [5, 5.41) is 3.33. The monoisotopic (exact) mass is 395 g/mol. The van der Waals surface area contributed by atoms with Gasteiger partial charge in [-0.1, -0.05) is 22.0 Å². The van der Waals surface area contributed by atoms with E-state index in [1.165, 1.54) is 5.69 Å². The summed E-state index contributed by atoms with van der Waals surface area (Å²) in [6.45, 7) is 9.18. The van der Waals surface area contributed by atoms with E-state index < -0.39 is 0 Å².